The molecule has 0 aliphatic heterocycles. The smallest absolute Gasteiger partial charge is 0.0521 e. The highest BCUT2D eigenvalue weighted by Gasteiger charge is 2.40. The summed E-state index contributed by atoms with van der Waals surface area (Å²) in [5.41, 5.74) is 1.79. The highest BCUT2D eigenvalue weighted by Crippen LogP contribution is 2.46. The van der Waals surface area contributed by atoms with Crippen LogP contribution in [0.5, 0.6) is 0 Å². The van der Waals surface area contributed by atoms with Crippen LogP contribution in [0, 0.1) is 11.3 Å². The fourth-order valence-electron chi connectivity index (χ4n) is 2.67. The van der Waals surface area contributed by atoms with E-state index in [0.29, 0.717) is 5.41 Å². The van der Waals surface area contributed by atoms with Crippen molar-refractivity contribution >= 4 is 0 Å². The monoisotopic (exact) mass is 221 g/mol. The fourth-order valence-corrected chi connectivity index (χ4v) is 2.67. The van der Waals surface area contributed by atoms with E-state index >= 15 is 0 Å². The van der Waals surface area contributed by atoms with Crippen molar-refractivity contribution < 1.29 is 0 Å². The molecule has 16 heavy (non-hydrogen) atoms. The standard InChI is InChI=1S/C13H23N3/c1-4-16-9-11(8-15-16)7-13(2,10-14-3)12-5-6-12/h8-9,12,14H,4-7,10H2,1-3H3. The number of nitrogens with one attached hydrogen (secondary N) is 1. The molecule has 1 aromatic heterocycles. The molecule has 0 aromatic carbocycles. The van der Waals surface area contributed by atoms with Gasteiger partial charge < -0.3 is 5.32 Å². The van der Waals surface area contributed by atoms with Crippen LogP contribution >= 0.6 is 0 Å². The number of nitrogens with zero attached hydrogens (tertiary/aromatic N) is 2. The molecule has 3 heteroatoms. The number of aryl methyl sites for hydroxylation is 1. The molecule has 3 nitrogen and oxygen atoms in total. The molecule has 1 aliphatic carbocycles. The minimum Gasteiger partial charge on any atom is -0.319 e. The maximum absolute atomic E-state index is 4.35. The molecule has 2 rings (SSSR count). The molecule has 0 radical (unpaired) electrons. The number of rotatable bonds is 6. The van der Waals surface area contributed by atoms with Crippen LogP contribution in [0.1, 0.15) is 32.3 Å². The van der Waals surface area contributed by atoms with Crippen LogP contribution < -0.4 is 5.32 Å². The van der Waals surface area contributed by atoms with Gasteiger partial charge in [-0.25, -0.2) is 0 Å². The third-order valence-electron chi connectivity index (χ3n) is 3.76. The first kappa shape index (κ1) is 11.6. The second-order valence-corrected chi connectivity index (χ2v) is 5.34. The molecule has 1 unspecified atom stereocenters. The van der Waals surface area contributed by atoms with Gasteiger partial charge in [0.05, 0.1) is 6.20 Å². The zero-order chi connectivity index (χ0) is 11.6. The van der Waals surface area contributed by atoms with Crippen molar-refractivity contribution in [3.63, 3.8) is 0 Å². The highest BCUT2D eigenvalue weighted by molar-refractivity contribution is 5.10. The molecule has 0 spiro atoms. The van der Waals surface area contributed by atoms with Crippen LogP contribution in [0.25, 0.3) is 0 Å². The SMILES string of the molecule is CCn1cc(CC(C)(CNC)C2CC2)cn1. The molecule has 1 fully saturated rings. The van der Waals surface area contributed by atoms with Crippen LogP contribution in [0.15, 0.2) is 12.4 Å². The zero-order valence-electron chi connectivity index (χ0n) is 10.7. The molecule has 0 bridgehead atoms. The third kappa shape index (κ3) is 2.46. The molecule has 1 aromatic rings. The van der Waals surface area contributed by atoms with Gasteiger partial charge in [0.1, 0.15) is 0 Å². The van der Waals surface area contributed by atoms with Gasteiger partial charge in [-0.05, 0) is 50.1 Å². The predicted molar refractivity (Wildman–Crippen MR) is 66.4 cm³/mol. The van der Waals surface area contributed by atoms with Gasteiger partial charge in [0.2, 0.25) is 0 Å². The van der Waals surface area contributed by atoms with Gasteiger partial charge in [0, 0.05) is 19.3 Å². The topological polar surface area (TPSA) is 29.9 Å². The van der Waals surface area contributed by atoms with E-state index in [2.05, 4.69) is 37.5 Å². The second kappa shape index (κ2) is 4.58. The Kier molecular flexibility index (Phi) is 3.33. The van der Waals surface area contributed by atoms with Gasteiger partial charge in [-0.1, -0.05) is 6.92 Å². The minimum atomic E-state index is 0.413. The van der Waals surface area contributed by atoms with Gasteiger partial charge in [-0.2, -0.15) is 5.10 Å². The number of hydrogen-bond donors (Lipinski definition) is 1. The summed E-state index contributed by atoms with van der Waals surface area (Å²) in [7, 11) is 2.05. The lowest BCUT2D eigenvalue weighted by atomic mass is 9.79. The van der Waals surface area contributed by atoms with E-state index in [1.807, 2.05) is 10.9 Å². The van der Waals surface area contributed by atoms with Gasteiger partial charge in [-0.3, -0.25) is 4.68 Å². The molecule has 1 N–H and O–H groups in total. The first-order chi connectivity index (χ1) is 7.68. The summed E-state index contributed by atoms with van der Waals surface area (Å²) in [6.45, 7) is 6.61. The Morgan fingerprint density at radius 3 is 2.81 bits per heavy atom. The molecule has 1 heterocycles. The molecule has 1 saturated carbocycles. The summed E-state index contributed by atoms with van der Waals surface area (Å²) in [6, 6.07) is 0. The third-order valence-corrected chi connectivity index (χ3v) is 3.76. The van der Waals surface area contributed by atoms with Crippen LogP contribution in [-0.2, 0) is 13.0 Å². The summed E-state index contributed by atoms with van der Waals surface area (Å²) >= 11 is 0. The lowest BCUT2D eigenvalue weighted by Crippen LogP contribution is -2.33. The van der Waals surface area contributed by atoms with E-state index in [-0.39, 0.29) is 0 Å². The second-order valence-electron chi connectivity index (χ2n) is 5.34. The molecule has 0 saturated heterocycles. The van der Waals surface area contributed by atoms with E-state index in [1.54, 1.807) is 0 Å². The van der Waals surface area contributed by atoms with E-state index in [4.69, 9.17) is 0 Å². The van der Waals surface area contributed by atoms with Gasteiger partial charge in [0.15, 0.2) is 0 Å². The summed E-state index contributed by atoms with van der Waals surface area (Å²) in [5.74, 6) is 0.907. The Morgan fingerprint density at radius 1 is 1.56 bits per heavy atom. The molecular formula is C13H23N3. The predicted octanol–water partition coefficient (Wildman–Crippen LogP) is 2.08. The van der Waals surface area contributed by atoms with Crippen molar-refractivity contribution in [1.29, 1.82) is 0 Å². The van der Waals surface area contributed by atoms with E-state index in [9.17, 15) is 0 Å². The Bertz CT molecular complexity index is 341. The Labute approximate surface area is 98.2 Å². The molecular weight excluding hydrogens is 198 g/mol. The highest BCUT2D eigenvalue weighted by atomic mass is 15.3. The Morgan fingerprint density at radius 2 is 2.31 bits per heavy atom. The molecule has 1 aliphatic rings. The van der Waals surface area contributed by atoms with Gasteiger partial charge in [-0.15, -0.1) is 0 Å². The first-order valence-corrected chi connectivity index (χ1v) is 6.34. The molecule has 0 amide bonds. The average Bonchev–Trinajstić information content (AvgIpc) is 3.02. The lowest BCUT2D eigenvalue weighted by Gasteiger charge is -2.29. The summed E-state index contributed by atoms with van der Waals surface area (Å²) in [5, 5.41) is 7.70. The zero-order valence-corrected chi connectivity index (χ0v) is 10.7. The summed E-state index contributed by atoms with van der Waals surface area (Å²) in [4.78, 5) is 0. The van der Waals surface area contributed by atoms with Crippen molar-refractivity contribution in [2.75, 3.05) is 13.6 Å². The normalized spacial score (nSPS) is 19.7. The molecule has 90 valence electrons. The van der Waals surface area contributed by atoms with Crippen molar-refractivity contribution in [3.05, 3.63) is 18.0 Å². The van der Waals surface area contributed by atoms with Crippen LogP contribution in [0.4, 0.5) is 0 Å². The van der Waals surface area contributed by atoms with E-state index in [0.717, 1.165) is 25.4 Å². The van der Waals surface area contributed by atoms with Crippen molar-refractivity contribution in [2.45, 2.75) is 39.7 Å². The average molecular weight is 221 g/mol. The minimum absolute atomic E-state index is 0.413. The maximum atomic E-state index is 4.35. The van der Waals surface area contributed by atoms with Crippen molar-refractivity contribution in [2.24, 2.45) is 11.3 Å². The maximum Gasteiger partial charge on any atom is 0.0521 e. The quantitative estimate of drug-likeness (QED) is 0.797. The summed E-state index contributed by atoms with van der Waals surface area (Å²) < 4.78 is 2.02. The van der Waals surface area contributed by atoms with Crippen molar-refractivity contribution in [3.8, 4) is 0 Å². The van der Waals surface area contributed by atoms with Gasteiger partial charge >= 0.3 is 0 Å². The van der Waals surface area contributed by atoms with Gasteiger partial charge in [0.25, 0.3) is 0 Å². The lowest BCUT2D eigenvalue weighted by molar-refractivity contribution is 0.263. The largest absolute Gasteiger partial charge is 0.319 e. The number of aromatic nitrogens is 2. The van der Waals surface area contributed by atoms with E-state index in [1.165, 1.54) is 18.4 Å². The first-order valence-electron chi connectivity index (χ1n) is 6.34. The Hall–Kier alpha value is -0.830. The molecule has 1 atom stereocenters. The fraction of sp³-hybridized carbons (Fsp3) is 0.769. The summed E-state index contributed by atoms with van der Waals surface area (Å²) in [6.07, 6.45) is 8.18. The van der Waals surface area contributed by atoms with Crippen molar-refractivity contribution in [1.82, 2.24) is 15.1 Å². The van der Waals surface area contributed by atoms with Crippen LogP contribution in [-0.4, -0.2) is 23.4 Å². The Balaban J connectivity index is 2.04. The van der Waals surface area contributed by atoms with E-state index < -0.39 is 0 Å². The number of hydrogen-bond acceptors (Lipinski definition) is 2. The van der Waals surface area contributed by atoms with Crippen LogP contribution in [0.3, 0.4) is 0 Å². The van der Waals surface area contributed by atoms with Crippen LogP contribution in [0.2, 0.25) is 0 Å².